The first-order valence-corrected chi connectivity index (χ1v) is 12.0. The quantitative estimate of drug-likeness (QED) is 0.512. The zero-order chi connectivity index (χ0) is 21.8. The smallest absolute Gasteiger partial charge is 0.129 e. The lowest BCUT2D eigenvalue weighted by atomic mass is 10.2. The molecule has 2 saturated heterocycles. The van der Waals surface area contributed by atoms with E-state index < -0.39 is 0 Å². The van der Waals surface area contributed by atoms with Gasteiger partial charge in [0.1, 0.15) is 5.82 Å². The van der Waals surface area contributed by atoms with Crippen molar-refractivity contribution >= 4 is 5.82 Å². The van der Waals surface area contributed by atoms with Crippen LogP contribution in [0.4, 0.5) is 5.82 Å². The topological polar surface area (TPSA) is 59.3 Å². The minimum atomic E-state index is 0.356. The molecule has 0 spiro atoms. The summed E-state index contributed by atoms with van der Waals surface area (Å²) in [5.41, 5.74) is 2.09. The fourth-order valence-corrected chi connectivity index (χ4v) is 4.83. The van der Waals surface area contributed by atoms with Crippen LogP contribution in [0.25, 0.3) is 0 Å². The van der Waals surface area contributed by atoms with Gasteiger partial charge in [0.2, 0.25) is 0 Å². The number of hydrogen-bond donors (Lipinski definition) is 0. The van der Waals surface area contributed by atoms with Gasteiger partial charge in [-0.1, -0.05) is 18.2 Å². The van der Waals surface area contributed by atoms with Crippen molar-refractivity contribution in [2.24, 2.45) is 0 Å². The van der Waals surface area contributed by atoms with Crippen molar-refractivity contribution in [1.82, 2.24) is 24.9 Å². The molecule has 2 aliphatic rings. The molecule has 4 heterocycles. The van der Waals surface area contributed by atoms with Gasteiger partial charge in [-0.05, 0) is 65.0 Å². The predicted octanol–water partition coefficient (Wildman–Crippen LogP) is 3.53. The minimum Gasteiger partial charge on any atom is -0.379 e. The summed E-state index contributed by atoms with van der Waals surface area (Å²) < 4.78 is 7.66. The highest BCUT2D eigenvalue weighted by Gasteiger charge is 2.44. The Morgan fingerprint density at radius 2 is 1.97 bits per heavy atom. The van der Waals surface area contributed by atoms with Crippen LogP contribution in [0.2, 0.25) is 0 Å². The molecule has 170 valence electrons. The maximum absolute atomic E-state index is 5.75. The van der Waals surface area contributed by atoms with Gasteiger partial charge in [-0.3, -0.25) is 4.90 Å². The van der Waals surface area contributed by atoms with Crippen molar-refractivity contribution in [1.29, 1.82) is 0 Å². The monoisotopic (exact) mass is 426 g/mol. The van der Waals surface area contributed by atoms with Gasteiger partial charge < -0.3 is 9.64 Å². The molecule has 3 unspecified atom stereocenters. The van der Waals surface area contributed by atoms with E-state index in [-0.39, 0.29) is 0 Å². The average Bonchev–Trinajstić information content (AvgIpc) is 3.49. The molecule has 4 rings (SSSR count). The third-order valence-corrected chi connectivity index (χ3v) is 6.75. The third kappa shape index (κ3) is 5.44. The number of likely N-dealkylation sites (tertiary alicyclic amines) is 1. The molecule has 2 aromatic heterocycles. The van der Waals surface area contributed by atoms with E-state index in [1.807, 2.05) is 4.68 Å². The third-order valence-electron chi connectivity index (χ3n) is 6.75. The summed E-state index contributed by atoms with van der Waals surface area (Å²) in [6.45, 7) is 12.6. The summed E-state index contributed by atoms with van der Waals surface area (Å²) in [7, 11) is 0. The number of aromatic nitrogens is 4. The van der Waals surface area contributed by atoms with Crippen molar-refractivity contribution in [3.63, 3.8) is 0 Å². The molecular formula is C24H38N6O. The number of unbranched alkanes of at least 4 members (excludes halogenated alkanes) is 1. The maximum atomic E-state index is 5.75. The molecule has 0 saturated carbocycles. The maximum Gasteiger partial charge on any atom is 0.129 e. The number of pyridine rings is 1. The van der Waals surface area contributed by atoms with Crippen molar-refractivity contribution < 1.29 is 4.74 Å². The molecule has 2 aliphatic heterocycles. The summed E-state index contributed by atoms with van der Waals surface area (Å²) in [5, 5.41) is 8.67. The van der Waals surface area contributed by atoms with Crippen LogP contribution < -0.4 is 4.90 Å². The Hall–Kier alpha value is -1.99. The van der Waals surface area contributed by atoms with Crippen LogP contribution >= 0.6 is 0 Å². The van der Waals surface area contributed by atoms with Crippen molar-refractivity contribution in [2.45, 2.75) is 90.6 Å². The number of nitrogens with zero attached hydrogens (tertiary/aromatic N) is 6. The fourth-order valence-electron chi connectivity index (χ4n) is 4.83. The molecule has 0 radical (unpaired) electrons. The zero-order valence-corrected chi connectivity index (χ0v) is 19.6. The number of anilines is 1. The second kappa shape index (κ2) is 10.1. The largest absolute Gasteiger partial charge is 0.379 e. The normalized spacial score (nSPS) is 22.0. The number of fused-ring (bicyclic) bond motifs is 2. The Balaban J connectivity index is 1.27. The van der Waals surface area contributed by atoms with Crippen LogP contribution in [0.3, 0.4) is 0 Å². The molecule has 7 nitrogen and oxygen atoms in total. The van der Waals surface area contributed by atoms with Crippen LogP contribution in [-0.4, -0.2) is 68.8 Å². The number of ether oxygens (including phenoxy) is 1. The van der Waals surface area contributed by atoms with Crippen molar-refractivity contribution in [2.75, 3.05) is 24.6 Å². The molecule has 31 heavy (non-hydrogen) atoms. The van der Waals surface area contributed by atoms with Gasteiger partial charge in [0, 0.05) is 44.0 Å². The second-order valence-corrected chi connectivity index (χ2v) is 9.43. The molecular weight excluding hydrogens is 388 g/mol. The Morgan fingerprint density at radius 3 is 2.71 bits per heavy atom. The van der Waals surface area contributed by atoms with E-state index in [1.54, 1.807) is 0 Å². The second-order valence-electron chi connectivity index (χ2n) is 9.43. The van der Waals surface area contributed by atoms with Gasteiger partial charge in [0.05, 0.1) is 24.0 Å². The Bertz CT molecular complexity index is 837. The molecule has 2 bridgehead atoms. The summed E-state index contributed by atoms with van der Waals surface area (Å²) in [6, 6.07) is 8.26. The summed E-state index contributed by atoms with van der Waals surface area (Å²) in [6.07, 6.45) is 7.83. The lowest BCUT2D eigenvalue weighted by molar-refractivity contribution is 0.0611. The number of rotatable bonds is 11. The molecule has 2 aromatic rings. The van der Waals surface area contributed by atoms with Crippen LogP contribution in [0.5, 0.6) is 0 Å². The Kier molecular flexibility index (Phi) is 7.23. The highest BCUT2D eigenvalue weighted by molar-refractivity contribution is 5.44. The summed E-state index contributed by atoms with van der Waals surface area (Å²) in [5.74, 6) is 1.11. The molecule has 0 N–H and O–H groups in total. The molecule has 0 aromatic carbocycles. The fraction of sp³-hybridized carbons (Fsp3) is 0.708. The SMILES string of the molecule is CCC(C)OCCCCc1cn(Cc2cccc(N3CC4CC3CN4C(C)C)n2)nn1. The molecule has 0 amide bonds. The highest BCUT2D eigenvalue weighted by atomic mass is 16.5. The van der Waals surface area contributed by atoms with Gasteiger partial charge in [0.15, 0.2) is 0 Å². The first kappa shape index (κ1) is 22.2. The van der Waals surface area contributed by atoms with Crippen molar-refractivity contribution in [3.05, 3.63) is 35.8 Å². The van der Waals surface area contributed by atoms with Gasteiger partial charge in [-0.2, -0.15) is 0 Å². The summed E-state index contributed by atoms with van der Waals surface area (Å²) >= 11 is 0. The van der Waals surface area contributed by atoms with E-state index in [4.69, 9.17) is 9.72 Å². The Morgan fingerprint density at radius 1 is 1.10 bits per heavy atom. The Labute approximate surface area is 186 Å². The minimum absolute atomic E-state index is 0.356. The molecule has 7 heteroatoms. The summed E-state index contributed by atoms with van der Waals surface area (Å²) in [4.78, 5) is 10.1. The zero-order valence-electron chi connectivity index (χ0n) is 19.6. The van der Waals surface area contributed by atoms with Crippen LogP contribution in [0.1, 0.15) is 64.8 Å². The van der Waals surface area contributed by atoms with Gasteiger partial charge in [-0.15, -0.1) is 5.10 Å². The highest BCUT2D eigenvalue weighted by Crippen LogP contribution is 2.34. The number of hydrogen-bond acceptors (Lipinski definition) is 6. The lowest BCUT2D eigenvalue weighted by Crippen LogP contribution is -2.49. The molecule has 3 atom stereocenters. The molecule has 2 fully saturated rings. The van der Waals surface area contributed by atoms with Crippen LogP contribution in [0, 0.1) is 0 Å². The van der Waals surface area contributed by atoms with E-state index in [1.165, 1.54) is 6.42 Å². The van der Waals surface area contributed by atoms with E-state index in [0.29, 0.717) is 30.8 Å². The predicted molar refractivity (Wildman–Crippen MR) is 123 cm³/mol. The van der Waals surface area contributed by atoms with E-state index in [0.717, 1.165) is 62.6 Å². The standard InChI is InChI=1S/C24H38N6O/c1-5-19(4)31-12-7-6-9-21-15-28(27-26-21)14-20-10-8-11-24(25-20)30-17-22-13-23(30)16-29(22)18(2)3/h8,10-11,15,18-19,22-23H,5-7,9,12-14,16-17H2,1-4H3. The molecule has 0 aliphatic carbocycles. The first-order valence-electron chi connectivity index (χ1n) is 12.0. The van der Waals surface area contributed by atoms with Crippen LogP contribution in [0.15, 0.2) is 24.4 Å². The van der Waals surface area contributed by atoms with E-state index in [9.17, 15) is 0 Å². The van der Waals surface area contributed by atoms with Crippen molar-refractivity contribution in [3.8, 4) is 0 Å². The van der Waals surface area contributed by atoms with E-state index in [2.05, 4.69) is 72.2 Å². The average molecular weight is 427 g/mol. The van der Waals surface area contributed by atoms with E-state index >= 15 is 0 Å². The van der Waals surface area contributed by atoms with Crippen LogP contribution in [-0.2, 0) is 17.7 Å². The van der Waals surface area contributed by atoms with Gasteiger partial charge >= 0.3 is 0 Å². The number of piperazine rings is 1. The lowest BCUT2D eigenvalue weighted by Gasteiger charge is -2.37. The first-order chi connectivity index (χ1) is 15.0. The number of aryl methyl sites for hydroxylation is 1. The van der Waals surface area contributed by atoms with Gasteiger partial charge in [0.25, 0.3) is 0 Å². The van der Waals surface area contributed by atoms with Gasteiger partial charge in [-0.25, -0.2) is 9.67 Å².